The fraction of sp³-hybridized carbons (Fsp3) is 0.107. The van der Waals surface area contributed by atoms with Crippen molar-refractivity contribution in [3.8, 4) is 44.5 Å². The van der Waals surface area contributed by atoms with Gasteiger partial charge < -0.3 is 4.40 Å². The van der Waals surface area contributed by atoms with Crippen LogP contribution in [0.4, 0.5) is 0 Å². The molecule has 0 spiro atoms. The first kappa shape index (κ1) is 31.5. The Bertz CT molecular complexity index is 3340. The van der Waals surface area contributed by atoms with E-state index in [1.165, 1.54) is 126 Å². The van der Waals surface area contributed by atoms with Crippen molar-refractivity contribution in [1.29, 1.82) is 0 Å². The van der Waals surface area contributed by atoms with E-state index in [2.05, 4.69) is 196 Å². The van der Waals surface area contributed by atoms with Gasteiger partial charge in [0.25, 0.3) is 0 Å². The molecule has 1 nitrogen and oxygen atoms in total. The normalized spacial score (nSPS) is 14.9. The number of nitrogens with zero attached hydrogens (tertiary/aromatic N) is 1. The van der Waals surface area contributed by atoms with Crippen LogP contribution < -0.4 is 0 Å². The number of fused-ring (bicyclic) bond motifs is 14. The molecule has 13 rings (SSSR count). The fourth-order valence-electron chi connectivity index (χ4n) is 11.1. The van der Waals surface area contributed by atoms with Gasteiger partial charge in [-0.25, -0.2) is 0 Å². The minimum Gasteiger partial charge on any atom is -0.308 e. The van der Waals surface area contributed by atoms with Crippen molar-refractivity contribution >= 4 is 59.6 Å². The Labute approximate surface area is 331 Å². The molecule has 9 aromatic carbocycles. The Morgan fingerprint density at radius 2 is 0.737 bits per heavy atom. The molecule has 0 atom stereocenters. The van der Waals surface area contributed by atoms with Crippen molar-refractivity contribution in [3.63, 3.8) is 0 Å². The average molecular weight is 726 g/mol. The second kappa shape index (κ2) is 10.6. The summed E-state index contributed by atoms with van der Waals surface area (Å²) in [5.41, 5.74) is 20.0. The van der Waals surface area contributed by atoms with Gasteiger partial charge in [-0.1, -0.05) is 143 Å². The van der Waals surface area contributed by atoms with E-state index in [4.69, 9.17) is 0 Å². The van der Waals surface area contributed by atoms with Gasteiger partial charge in [0.2, 0.25) is 0 Å². The molecule has 1 heteroatoms. The predicted molar refractivity (Wildman–Crippen MR) is 242 cm³/mol. The summed E-state index contributed by atoms with van der Waals surface area (Å²) in [6, 6.07) is 62.6. The van der Waals surface area contributed by atoms with Crippen LogP contribution in [0, 0.1) is 0 Å². The molecule has 0 aliphatic heterocycles. The van der Waals surface area contributed by atoms with Crippen molar-refractivity contribution in [2.75, 3.05) is 0 Å². The highest BCUT2D eigenvalue weighted by Gasteiger charge is 2.36. The van der Waals surface area contributed by atoms with Crippen LogP contribution in [-0.4, -0.2) is 4.40 Å². The summed E-state index contributed by atoms with van der Waals surface area (Å²) in [4.78, 5) is 0. The van der Waals surface area contributed by atoms with Gasteiger partial charge in [-0.15, -0.1) is 0 Å². The van der Waals surface area contributed by atoms with Crippen LogP contribution in [0.25, 0.3) is 104 Å². The Balaban J connectivity index is 0.941. The molecule has 57 heavy (non-hydrogen) atoms. The van der Waals surface area contributed by atoms with Crippen molar-refractivity contribution in [2.45, 2.75) is 38.5 Å². The van der Waals surface area contributed by atoms with E-state index in [9.17, 15) is 0 Å². The quantitative estimate of drug-likeness (QED) is 0.167. The highest BCUT2D eigenvalue weighted by molar-refractivity contribution is 6.26. The number of rotatable bonds is 2. The Morgan fingerprint density at radius 1 is 0.316 bits per heavy atom. The van der Waals surface area contributed by atoms with Gasteiger partial charge in [-0.2, -0.15) is 0 Å². The number of para-hydroxylation sites is 1. The molecule has 0 amide bonds. The standard InChI is InChI=1S/C56H39N/c1-55(2)48-14-7-5-10-40(48)44-26-34(20-22-50(44)55)32-16-18-36-30-52-46(28-38(36)24-32)42-12-9-13-43-47-29-39-25-33(17-19-37(39)31-53(47)57(52)54(42)43)35-21-23-51-45(27-35)41-11-6-8-15-49(41)56(51,3)4/h5-31H,1-4H3. The summed E-state index contributed by atoms with van der Waals surface area (Å²) >= 11 is 0. The summed E-state index contributed by atoms with van der Waals surface area (Å²) < 4.78 is 2.52. The van der Waals surface area contributed by atoms with Gasteiger partial charge in [0.05, 0.1) is 16.6 Å². The van der Waals surface area contributed by atoms with Crippen LogP contribution in [0.1, 0.15) is 49.9 Å². The van der Waals surface area contributed by atoms with Crippen LogP contribution >= 0.6 is 0 Å². The minimum atomic E-state index is 0.0133. The van der Waals surface area contributed by atoms with E-state index in [1.807, 2.05) is 0 Å². The van der Waals surface area contributed by atoms with Crippen LogP contribution in [0.3, 0.4) is 0 Å². The highest BCUT2D eigenvalue weighted by Crippen LogP contribution is 2.51. The first-order chi connectivity index (χ1) is 27.7. The van der Waals surface area contributed by atoms with Gasteiger partial charge in [-0.05, 0) is 137 Å². The lowest BCUT2D eigenvalue weighted by Crippen LogP contribution is -2.14. The third-order valence-corrected chi connectivity index (χ3v) is 14.1. The summed E-state index contributed by atoms with van der Waals surface area (Å²) in [6.07, 6.45) is 0. The molecular formula is C56H39N. The zero-order valence-electron chi connectivity index (χ0n) is 32.5. The Kier molecular flexibility index (Phi) is 5.84. The van der Waals surface area contributed by atoms with E-state index in [1.54, 1.807) is 0 Å². The maximum absolute atomic E-state index is 2.52. The van der Waals surface area contributed by atoms with Gasteiger partial charge in [0.15, 0.2) is 0 Å². The average Bonchev–Trinajstić information content (AvgIpc) is 3.89. The maximum Gasteiger partial charge on any atom is 0.0620 e. The second-order valence-electron chi connectivity index (χ2n) is 17.8. The zero-order valence-corrected chi connectivity index (χ0v) is 32.5. The second-order valence-corrected chi connectivity index (χ2v) is 17.8. The Hall–Kier alpha value is -6.70. The third-order valence-electron chi connectivity index (χ3n) is 14.1. The maximum atomic E-state index is 2.52. The van der Waals surface area contributed by atoms with E-state index in [0.29, 0.717) is 0 Å². The summed E-state index contributed by atoms with van der Waals surface area (Å²) in [6.45, 7) is 9.40. The molecule has 0 saturated carbocycles. The summed E-state index contributed by atoms with van der Waals surface area (Å²) in [5.74, 6) is 0. The lowest BCUT2D eigenvalue weighted by atomic mass is 9.82. The third kappa shape index (κ3) is 4.04. The van der Waals surface area contributed by atoms with Crippen molar-refractivity contribution < 1.29 is 0 Å². The van der Waals surface area contributed by atoms with E-state index >= 15 is 0 Å². The number of hydrogen-bond donors (Lipinski definition) is 0. The zero-order chi connectivity index (χ0) is 37.9. The smallest absolute Gasteiger partial charge is 0.0620 e. The van der Waals surface area contributed by atoms with Gasteiger partial charge in [0, 0.05) is 32.4 Å². The van der Waals surface area contributed by atoms with E-state index < -0.39 is 0 Å². The molecule has 2 heterocycles. The highest BCUT2D eigenvalue weighted by atomic mass is 14.9. The van der Waals surface area contributed by atoms with Crippen molar-refractivity contribution in [3.05, 3.63) is 186 Å². The molecule has 0 fully saturated rings. The van der Waals surface area contributed by atoms with Gasteiger partial charge in [-0.3, -0.25) is 0 Å². The molecule has 11 aromatic rings. The van der Waals surface area contributed by atoms with Crippen molar-refractivity contribution in [1.82, 2.24) is 4.40 Å². The van der Waals surface area contributed by atoms with E-state index in [-0.39, 0.29) is 10.8 Å². The molecule has 268 valence electrons. The van der Waals surface area contributed by atoms with Gasteiger partial charge in [0.1, 0.15) is 0 Å². The molecule has 0 bridgehead atoms. The molecule has 2 aromatic heterocycles. The Morgan fingerprint density at radius 3 is 1.23 bits per heavy atom. The molecule has 0 unspecified atom stereocenters. The molecule has 2 aliphatic rings. The van der Waals surface area contributed by atoms with Gasteiger partial charge >= 0.3 is 0 Å². The molecule has 2 aliphatic carbocycles. The summed E-state index contributed by atoms with van der Waals surface area (Å²) in [5, 5.41) is 10.3. The predicted octanol–water partition coefficient (Wildman–Crippen LogP) is 15.1. The topological polar surface area (TPSA) is 4.41 Å². The molecule has 0 N–H and O–H groups in total. The minimum absolute atomic E-state index is 0.0133. The van der Waals surface area contributed by atoms with Crippen molar-refractivity contribution in [2.24, 2.45) is 0 Å². The van der Waals surface area contributed by atoms with Crippen LogP contribution in [0.15, 0.2) is 164 Å². The summed E-state index contributed by atoms with van der Waals surface area (Å²) in [7, 11) is 0. The molecule has 0 radical (unpaired) electrons. The monoisotopic (exact) mass is 725 g/mol. The first-order valence-corrected chi connectivity index (χ1v) is 20.3. The van der Waals surface area contributed by atoms with E-state index in [0.717, 1.165) is 0 Å². The molecular weight excluding hydrogens is 687 g/mol. The SMILES string of the molecule is CC1(C)c2ccccc2-c2cc(-c3ccc4cc5c(cc4c3)c3cccc4c6cc7cc(-c8ccc9c(c8)-c8ccccc8C9(C)C)ccc7cc6n5c34)ccc21. The lowest BCUT2D eigenvalue weighted by molar-refractivity contribution is 0.660. The number of aromatic nitrogens is 1. The first-order valence-electron chi connectivity index (χ1n) is 20.3. The lowest BCUT2D eigenvalue weighted by Gasteiger charge is -2.21. The fourth-order valence-corrected chi connectivity index (χ4v) is 11.1. The number of hydrogen-bond acceptors (Lipinski definition) is 0. The van der Waals surface area contributed by atoms with Crippen LogP contribution in [-0.2, 0) is 10.8 Å². The van der Waals surface area contributed by atoms with Crippen LogP contribution in [0.5, 0.6) is 0 Å². The largest absolute Gasteiger partial charge is 0.308 e. The van der Waals surface area contributed by atoms with Crippen LogP contribution in [0.2, 0.25) is 0 Å². The number of benzene rings is 9. The molecule has 0 saturated heterocycles.